The molecule has 0 saturated carbocycles. The average molecular weight is 242 g/mol. The van der Waals surface area contributed by atoms with Gasteiger partial charge in [0.05, 0.1) is 19.1 Å². The second-order valence-electron chi connectivity index (χ2n) is 3.36. The maximum Gasteiger partial charge on any atom is 0.339 e. The highest BCUT2D eigenvalue weighted by Crippen LogP contribution is 2.14. The Morgan fingerprint density at radius 2 is 2.28 bits per heavy atom. The molecule has 0 unspecified atom stereocenters. The van der Waals surface area contributed by atoms with E-state index in [2.05, 4.69) is 4.98 Å². The van der Waals surface area contributed by atoms with E-state index in [9.17, 15) is 4.79 Å². The summed E-state index contributed by atoms with van der Waals surface area (Å²) >= 11 is 0. The number of hydrogen-bond acceptors (Lipinski definition) is 5. The van der Waals surface area contributed by atoms with Gasteiger partial charge in [0.2, 0.25) is 0 Å². The summed E-state index contributed by atoms with van der Waals surface area (Å²) in [6.45, 7) is 0.0339. The van der Waals surface area contributed by atoms with Crippen molar-refractivity contribution < 1.29 is 14.3 Å². The van der Waals surface area contributed by atoms with Crippen molar-refractivity contribution in [3.05, 3.63) is 41.4 Å². The lowest BCUT2D eigenvalue weighted by Crippen LogP contribution is -2.05. The molecule has 0 atom stereocenters. The SMILES string of the molecule is N#Cc1ncn(Cc2occc2C(=O)O)c1C#N. The topological polar surface area (TPSA) is 116 Å². The van der Waals surface area contributed by atoms with Gasteiger partial charge in [0.25, 0.3) is 0 Å². The van der Waals surface area contributed by atoms with Gasteiger partial charge in [-0.05, 0) is 6.07 Å². The standard InChI is InChI=1S/C11H6N4O3/c12-3-8-9(4-13)15(6-14-8)5-10-7(11(16)17)1-2-18-10/h1-2,6H,5H2,(H,16,17). The van der Waals surface area contributed by atoms with E-state index in [-0.39, 0.29) is 29.3 Å². The van der Waals surface area contributed by atoms with Gasteiger partial charge in [-0.25, -0.2) is 9.78 Å². The largest absolute Gasteiger partial charge is 0.478 e. The van der Waals surface area contributed by atoms with Crippen LogP contribution in [0.5, 0.6) is 0 Å². The number of carboxylic acid groups (broad SMARTS) is 1. The van der Waals surface area contributed by atoms with E-state index in [4.69, 9.17) is 20.0 Å². The summed E-state index contributed by atoms with van der Waals surface area (Å²) in [7, 11) is 0. The number of aromatic carboxylic acids is 1. The number of carboxylic acids is 1. The highest BCUT2D eigenvalue weighted by atomic mass is 16.4. The Hall–Kier alpha value is -3.06. The maximum atomic E-state index is 10.9. The molecule has 0 aliphatic carbocycles. The van der Waals surface area contributed by atoms with Crippen LogP contribution < -0.4 is 0 Å². The zero-order chi connectivity index (χ0) is 13.1. The Balaban J connectivity index is 2.39. The number of nitrogens with zero attached hydrogens (tertiary/aromatic N) is 4. The molecule has 0 bridgehead atoms. The zero-order valence-corrected chi connectivity index (χ0v) is 8.99. The molecule has 0 saturated heterocycles. The van der Waals surface area contributed by atoms with E-state index in [0.717, 1.165) is 0 Å². The van der Waals surface area contributed by atoms with E-state index in [1.807, 2.05) is 6.07 Å². The Kier molecular flexibility index (Phi) is 2.82. The molecule has 0 aliphatic rings. The molecule has 0 radical (unpaired) electrons. The summed E-state index contributed by atoms with van der Waals surface area (Å²) < 4.78 is 6.42. The number of furan rings is 1. The molecule has 0 aliphatic heterocycles. The van der Waals surface area contributed by atoms with E-state index in [1.54, 1.807) is 6.07 Å². The van der Waals surface area contributed by atoms with Gasteiger partial charge in [0.1, 0.15) is 23.5 Å². The van der Waals surface area contributed by atoms with E-state index >= 15 is 0 Å². The van der Waals surface area contributed by atoms with Crippen LogP contribution in [0.25, 0.3) is 0 Å². The van der Waals surface area contributed by atoms with Gasteiger partial charge in [-0.15, -0.1) is 0 Å². The third kappa shape index (κ3) is 1.81. The summed E-state index contributed by atoms with van der Waals surface area (Å²) in [6.07, 6.45) is 2.55. The van der Waals surface area contributed by atoms with Crippen LogP contribution in [0.4, 0.5) is 0 Å². The molecule has 2 aromatic heterocycles. The predicted octanol–water partition coefficient (Wildman–Crippen LogP) is 0.966. The molecule has 2 heterocycles. The van der Waals surface area contributed by atoms with Crippen LogP contribution in [0.3, 0.4) is 0 Å². The Morgan fingerprint density at radius 3 is 2.89 bits per heavy atom. The maximum absolute atomic E-state index is 10.9. The molecule has 2 rings (SSSR count). The average Bonchev–Trinajstić information content (AvgIpc) is 2.95. The number of nitriles is 2. The van der Waals surface area contributed by atoms with Gasteiger partial charge >= 0.3 is 5.97 Å². The first kappa shape index (κ1) is 11.4. The Bertz CT molecular complexity index is 684. The summed E-state index contributed by atoms with van der Waals surface area (Å²) in [5.41, 5.74) is 0.0947. The lowest BCUT2D eigenvalue weighted by atomic mass is 10.2. The number of aromatic nitrogens is 2. The van der Waals surface area contributed by atoms with Crippen LogP contribution in [0.2, 0.25) is 0 Å². The minimum atomic E-state index is -1.11. The molecule has 88 valence electrons. The number of imidazole rings is 1. The third-order valence-corrected chi connectivity index (χ3v) is 2.34. The first-order valence-corrected chi connectivity index (χ1v) is 4.82. The lowest BCUT2D eigenvalue weighted by Gasteiger charge is -2.01. The molecular weight excluding hydrogens is 236 g/mol. The highest BCUT2D eigenvalue weighted by molar-refractivity contribution is 5.88. The normalized spacial score (nSPS) is 9.67. The van der Waals surface area contributed by atoms with E-state index in [1.165, 1.54) is 23.2 Å². The van der Waals surface area contributed by atoms with Crippen LogP contribution in [-0.4, -0.2) is 20.6 Å². The Labute approximate surface area is 101 Å². The van der Waals surface area contributed by atoms with Gasteiger partial charge in [-0.2, -0.15) is 10.5 Å². The quantitative estimate of drug-likeness (QED) is 0.856. The summed E-state index contributed by atoms with van der Waals surface area (Å²) in [6, 6.07) is 4.95. The van der Waals surface area contributed by atoms with Gasteiger partial charge < -0.3 is 14.1 Å². The first-order chi connectivity index (χ1) is 8.67. The summed E-state index contributed by atoms with van der Waals surface area (Å²) in [5, 5.41) is 26.6. The molecule has 1 N–H and O–H groups in total. The highest BCUT2D eigenvalue weighted by Gasteiger charge is 2.16. The van der Waals surface area contributed by atoms with Gasteiger partial charge in [-0.3, -0.25) is 0 Å². The van der Waals surface area contributed by atoms with Crippen molar-refractivity contribution in [2.45, 2.75) is 6.54 Å². The molecule has 7 heteroatoms. The van der Waals surface area contributed by atoms with Crippen molar-refractivity contribution in [3.8, 4) is 12.1 Å². The van der Waals surface area contributed by atoms with E-state index in [0.29, 0.717) is 0 Å². The monoisotopic (exact) mass is 242 g/mol. The first-order valence-electron chi connectivity index (χ1n) is 4.82. The van der Waals surface area contributed by atoms with Crippen molar-refractivity contribution >= 4 is 5.97 Å². The fourth-order valence-electron chi connectivity index (χ4n) is 1.51. The second kappa shape index (κ2) is 4.44. The minimum Gasteiger partial charge on any atom is -0.478 e. The number of hydrogen-bond donors (Lipinski definition) is 1. The van der Waals surface area contributed by atoms with Crippen LogP contribution in [0, 0.1) is 22.7 Å². The molecule has 0 aromatic carbocycles. The van der Waals surface area contributed by atoms with Crippen LogP contribution in [-0.2, 0) is 6.54 Å². The van der Waals surface area contributed by atoms with Crippen LogP contribution >= 0.6 is 0 Å². The number of carbonyl (C=O) groups is 1. The molecule has 2 aromatic rings. The minimum absolute atomic E-state index is 0.000862. The van der Waals surface area contributed by atoms with Crippen LogP contribution in [0.1, 0.15) is 27.5 Å². The lowest BCUT2D eigenvalue weighted by molar-refractivity contribution is 0.0694. The predicted molar refractivity (Wildman–Crippen MR) is 56.4 cm³/mol. The van der Waals surface area contributed by atoms with Gasteiger partial charge in [0.15, 0.2) is 11.4 Å². The van der Waals surface area contributed by atoms with Crippen molar-refractivity contribution in [1.82, 2.24) is 9.55 Å². The van der Waals surface area contributed by atoms with Crippen molar-refractivity contribution in [3.63, 3.8) is 0 Å². The second-order valence-corrected chi connectivity index (χ2v) is 3.36. The third-order valence-electron chi connectivity index (χ3n) is 2.34. The van der Waals surface area contributed by atoms with Crippen molar-refractivity contribution in [2.75, 3.05) is 0 Å². The fraction of sp³-hybridized carbons (Fsp3) is 0.0909. The number of rotatable bonds is 3. The van der Waals surface area contributed by atoms with Gasteiger partial charge in [-0.1, -0.05) is 0 Å². The molecule has 0 spiro atoms. The van der Waals surface area contributed by atoms with Gasteiger partial charge in [0, 0.05) is 0 Å². The Morgan fingerprint density at radius 1 is 1.50 bits per heavy atom. The summed E-state index contributed by atoms with van der Waals surface area (Å²) in [5.74, 6) is -0.918. The summed E-state index contributed by atoms with van der Waals surface area (Å²) in [4.78, 5) is 14.6. The zero-order valence-electron chi connectivity index (χ0n) is 8.99. The molecular formula is C11H6N4O3. The molecule has 0 amide bonds. The molecule has 0 fully saturated rings. The van der Waals surface area contributed by atoms with Crippen LogP contribution in [0.15, 0.2) is 23.1 Å². The molecule has 7 nitrogen and oxygen atoms in total. The molecule has 18 heavy (non-hydrogen) atoms. The smallest absolute Gasteiger partial charge is 0.339 e. The van der Waals surface area contributed by atoms with Crippen molar-refractivity contribution in [1.29, 1.82) is 10.5 Å². The fourth-order valence-corrected chi connectivity index (χ4v) is 1.51. The van der Waals surface area contributed by atoms with Crippen molar-refractivity contribution in [2.24, 2.45) is 0 Å². The van der Waals surface area contributed by atoms with E-state index < -0.39 is 5.97 Å².